The zero-order valence-corrected chi connectivity index (χ0v) is 12.1. The Morgan fingerprint density at radius 2 is 2.21 bits per heavy atom. The first kappa shape index (κ1) is 15.8. The molecule has 4 nitrogen and oxygen atoms in total. The number of hydrogen-bond donors (Lipinski definition) is 2. The fourth-order valence-electron chi connectivity index (χ4n) is 1.45. The fraction of sp³-hybridized carbons (Fsp3) is 0.385. The van der Waals surface area contributed by atoms with Gasteiger partial charge in [-0.3, -0.25) is 4.79 Å². The number of rotatable bonds is 6. The molecule has 0 heterocycles. The first-order valence-electron chi connectivity index (χ1n) is 5.88. The molecule has 0 aliphatic heterocycles. The smallest absolute Gasteiger partial charge is 0.225 e. The Morgan fingerprint density at radius 3 is 2.89 bits per heavy atom. The van der Waals surface area contributed by atoms with Gasteiger partial charge in [-0.05, 0) is 25.1 Å². The van der Waals surface area contributed by atoms with Crippen LogP contribution in [0, 0.1) is 11.3 Å². The summed E-state index contributed by atoms with van der Waals surface area (Å²) in [4.78, 5) is 11.7. The van der Waals surface area contributed by atoms with Gasteiger partial charge in [-0.2, -0.15) is 5.26 Å². The molecule has 0 radical (unpaired) electrons. The van der Waals surface area contributed by atoms with Crippen molar-refractivity contribution in [1.29, 1.82) is 5.26 Å². The van der Waals surface area contributed by atoms with Crippen LogP contribution in [0.15, 0.2) is 18.2 Å². The van der Waals surface area contributed by atoms with Gasteiger partial charge in [-0.15, -0.1) is 0 Å². The number of nitrogens with zero attached hydrogens (tertiary/aromatic N) is 1. The molecular formula is C13H15Cl2N3O. The SMILES string of the molecule is CC(CC#N)NCCC(=O)Nc1cc(Cl)ccc1Cl. The lowest BCUT2D eigenvalue weighted by Crippen LogP contribution is -2.29. The summed E-state index contributed by atoms with van der Waals surface area (Å²) in [5.74, 6) is -0.152. The van der Waals surface area contributed by atoms with Gasteiger partial charge in [0, 0.05) is 24.0 Å². The highest BCUT2D eigenvalue weighted by Gasteiger charge is 2.07. The van der Waals surface area contributed by atoms with Crippen LogP contribution in [0.4, 0.5) is 5.69 Å². The summed E-state index contributed by atoms with van der Waals surface area (Å²) in [7, 11) is 0. The minimum absolute atomic E-state index is 0.0764. The molecule has 102 valence electrons. The van der Waals surface area contributed by atoms with E-state index in [4.69, 9.17) is 28.5 Å². The third-order valence-electron chi connectivity index (χ3n) is 2.44. The van der Waals surface area contributed by atoms with E-state index in [0.717, 1.165) is 0 Å². The lowest BCUT2D eigenvalue weighted by Gasteiger charge is -2.11. The van der Waals surface area contributed by atoms with E-state index in [9.17, 15) is 4.79 Å². The molecule has 1 atom stereocenters. The molecule has 1 rings (SSSR count). The molecule has 1 aromatic carbocycles. The van der Waals surface area contributed by atoms with Crippen LogP contribution in [-0.4, -0.2) is 18.5 Å². The molecule has 0 aromatic heterocycles. The third kappa shape index (κ3) is 5.93. The van der Waals surface area contributed by atoms with E-state index in [0.29, 0.717) is 35.1 Å². The van der Waals surface area contributed by atoms with E-state index < -0.39 is 0 Å². The number of carbonyl (C=O) groups excluding carboxylic acids is 1. The Bertz CT molecular complexity index is 485. The second kappa shape index (κ2) is 8.00. The topological polar surface area (TPSA) is 64.9 Å². The minimum atomic E-state index is -0.152. The lowest BCUT2D eigenvalue weighted by molar-refractivity contribution is -0.116. The van der Waals surface area contributed by atoms with Gasteiger partial charge in [0.2, 0.25) is 5.91 Å². The number of benzene rings is 1. The molecule has 2 N–H and O–H groups in total. The van der Waals surface area contributed by atoms with E-state index in [1.807, 2.05) is 6.92 Å². The molecule has 0 aliphatic rings. The highest BCUT2D eigenvalue weighted by Crippen LogP contribution is 2.25. The number of anilines is 1. The highest BCUT2D eigenvalue weighted by atomic mass is 35.5. The van der Waals surface area contributed by atoms with Crippen molar-refractivity contribution in [2.45, 2.75) is 25.8 Å². The van der Waals surface area contributed by atoms with Crippen LogP contribution in [0.3, 0.4) is 0 Å². The summed E-state index contributed by atoms with van der Waals surface area (Å²) in [6.07, 6.45) is 0.723. The van der Waals surface area contributed by atoms with Gasteiger partial charge in [0.05, 0.1) is 23.2 Å². The Kier molecular flexibility index (Phi) is 6.65. The lowest BCUT2D eigenvalue weighted by atomic mass is 10.2. The number of nitriles is 1. The molecule has 0 aliphatic carbocycles. The van der Waals surface area contributed by atoms with Crippen molar-refractivity contribution in [1.82, 2.24) is 5.32 Å². The summed E-state index contributed by atoms with van der Waals surface area (Å²) < 4.78 is 0. The molecule has 1 aromatic rings. The molecule has 1 amide bonds. The Hall–Kier alpha value is -1.28. The monoisotopic (exact) mass is 299 g/mol. The van der Waals surface area contributed by atoms with Gasteiger partial charge in [-0.1, -0.05) is 23.2 Å². The molecular weight excluding hydrogens is 285 g/mol. The molecule has 0 fully saturated rings. The Labute approximate surface area is 122 Å². The maximum atomic E-state index is 11.7. The van der Waals surface area contributed by atoms with Crippen LogP contribution in [-0.2, 0) is 4.79 Å². The maximum absolute atomic E-state index is 11.7. The molecule has 0 saturated carbocycles. The van der Waals surface area contributed by atoms with Crippen molar-refractivity contribution >= 4 is 34.8 Å². The fourth-order valence-corrected chi connectivity index (χ4v) is 1.78. The van der Waals surface area contributed by atoms with E-state index >= 15 is 0 Å². The number of halogens is 2. The second-order valence-electron chi connectivity index (χ2n) is 4.14. The first-order valence-corrected chi connectivity index (χ1v) is 6.63. The van der Waals surface area contributed by atoms with Crippen molar-refractivity contribution in [3.63, 3.8) is 0 Å². The molecule has 0 spiro atoms. The van der Waals surface area contributed by atoms with Crippen molar-refractivity contribution < 1.29 is 4.79 Å². The minimum Gasteiger partial charge on any atom is -0.325 e. The van der Waals surface area contributed by atoms with Crippen molar-refractivity contribution in [3.8, 4) is 6.07 Å². The molecule has 0 bridgehead atoms. The van der Waals surface area contributed by atoms with Crippen LogP contribution in [0.5, 0.6) is 0 Å². The standard InChI is InChI=1S/C13H15Cl2N3O/c1-9(4-6-16)17-7-5-13(19)18-12-8-10(14)2-3-11(12)15/h2-3,8-9,17H,4-5,7H2,1H3,(H,18,19). The summed E-state index contributed by atoms with van der Waals surface area (Å²) >= 11 is 11.8. The predicted octanol–water partition coefficient (Wildman–Crippen LogP) is 3.21. The van der Waals surface area contributed by atoms with E-state index in [-0.39, 0.29) is 11.9 Å². The van der Waals surface area contributed by atoms with Crippen LogP contribution in [0.25, 0.3) is 0 Å². The summed E-state index contributed by atoms with van der Waals surface area (Å²) in [5, 5.41) is 15.2. The second-order valence-corrected chi connectivity index (χ2v) is 4.98. The summed E-state index contributed by atoms with van der Waals surface area (Å²) in [5.41, 5.74) is 0.504. The number of amides is 1. The number of carbonyl (C=O) groups is 1. The van der Waals surface area contributed by atoms with Gasteiger partial charge < -0.3 is 10.6 Å². The zero-order chi connectivity index (χ0) is 14.3. The molecule has 6 heteroatoms. The van der Waals surface area contributed by atoms with Gasteiger partial charge in [-0.25, -0.2) is 0 Å². The van der Waals surface area contributed by atoms with E-state index in [1.165, 1.54) is 0 Å². The predicted molar refractivity (Wildman–Crippen MR) is 77.4 cm³/mol. The molecule has 0 saturated heterocycles. The summed E-state index contributed by atoms with van der Waals surface area (Å²) in [6, 6.07) is 7.03. The van der Waals surface area contributed by atoms with Crippen LogP contribution >= 0.6 is 23.2 Å². The largest absolute Gasteiger partial charge is 0.325 e. The Balaban J connectivity index is 2.39. The maximum Gasteiger partial charge on any atom is 0.225 e. The van der Waals surface area contributed by atoms with Gasteiger partial charge in [0.25, 0.3) is 0 Å². The first-order chi connectivity index (χ1) is 9.02. The van der Waals surface area contributed by atoms with E-state index in [2.05, 4.69) is 16.7 Å². The molecule has 19 heavy (non-hydrogen) atoms. The van der Waals surface area contributed by atoms with Crippen LogP contribution in [0.1, 0.15) is 19.8 Å². The summed E-state index contributed by atoms with van der Waals surface area (Å²) in [6.45, 7) is 2.40. The number of nitrogens with one attached hydrogen (secondary N) is 2. The van der Waals surface area contributed by atoms with Gasteiger partial charge in [0.1, 0.15) is 0 Å². The Morgan fingerprint density at radius 1 is 1.47 bits per heavy atom. The van der Waals surface area contributed by atoms with Crippen molar-refractivity contribution in [2.24, 2.45) is 0 Å². The average Bonchev–Trinajstić information content (AvgIpc) is 2.34. The molecule has 1 unspecified atom stereocenters. The van der Waals surface area contributed by atoms with Crippen LogP contribution < -0.4 is 10.6 Å². The van der Waals surface area contributed by atoms with Gasteiger partial charge >= 0.3 is 0 Å². The van der Waals surface area contributed by atoms with Crippen LogP contribution in [0.2, 0.25) is 10.0 Å². The zero-order valence-electron chi connectivity index (χ0n) is 10.5. The quantitative estimate of drug-likeness (QED) is 0.848. The highest BCUT2D eigenvalue weighted by molar-refractivity contribution is 6.35. The number of hydrogen-bond acceptors (Lipinski definition) is 3. The van der Waals surface area contributed by atoms with Crippen molar-refractivity contribution in [3.05, 3.63) is 28.2 Å². The van der Waals surface area contributed by atoms with Crippen molar-refractivity contribution in [2.75, 3.05) is 11.9 Å². The third-order valence-corrected chi connectivity index (χ3v) is 3.01. The van der Waals surface area contributed by atoms with E-state index in [1.54, 1.807) is 18.2 Å². The normalized spacial score (nSPS) is 11.7. The van der Waals surface area contributed by atoms with Gasteiger partial charge in [0.15, 0.2) is 0 Å². The average molecular weight is 300 g/mol.